The minimum absolute atomic E-state index is 0.0213. The summed E-state index contributed by atoms with van der Waals surface area (Å²) in [5.41, 5.74) is 6.48. The van der Waals surface area contributed by atoms with Crippen LogP contribution in [0.2, 0.25) is 0 Å². The minimum atomic E-state index is -0.604. The third kappa shape index (κ3) is 2.86. The Hall–Kier alpha value is -3.29. The largest absolute Gasteiger partial charge is 0.497 e. The van der Waals surface area contributed by atoms with Crippen LogP contribution in [0.4, 0.5) is 11.6 Å². The fourth-order valence-corrected chi connectivity index (χ4v) is 2.19. The summed E-state index contributed by atoms with van der Waals surface area (Å²) in [6.07, 6.45) is 1.46. The van der Waals surface area contributed by atoms with E-state index in [-0.39, 0.29) is 11.6 Å². The Morgan fingerprint density at radius 2 is 2.09 bits per heavy atom. The molecule has 0 bridgehead atoms. The number of nitrogen functional groups attached to an aromatic ring is 1. The molecule has 118 valence electrons. The van der Waals surface area contributed by atoms with Gasteiger partial charge in [-0.05, 0) is 17.7 Å². The van der Waals surface area contributed by atoms with Gasteiger partial charge in [-0.2, -0.15) is 4.98 Å². The van der Waals surface area contributed by atoms with Gasteiger partial charge in [-0.15, -0.1) is 4.73 Å². The predicted octanol–water partition coefficient (Wildman–Crippen LogP) is 1.23. The molecule has 0 atom stereocenters. The second-order valence-electron chi connectivity index (χ2n) is 4.88. The van der Waals surface area contributed by atoms with Crippen LogP contribution in [0.1, 0.15) is 5.56 Å². The summed E-state index contributed by atoms with van der Waals surface area (Å²) in [6.45, 7) is 0.484. The van der Waals surface area contributed by atoms with Gasteiger partial charge in [-0.3, -0.25) is 4.79 Å². The van der Waals surface area contributed by atoms with E-state index in [2.05, 4.69) is 15.3 Å². The molecular formula is C15H15N5O3. The average molecular weight is 313 g/mol. The Morgan fingerprint density at radius 3 is 2.78 bits per heavy atom. The van der Waals surface area contributed by atoms with Crippen LogP contribution in [0.3, 0.4) is 0 Å². The first-order valence-electron chi connectivity index (χ1n) is 6.83. The van der Waals surface area contributed by atoms with Crippen LogP contribution in [-0.2, 0) is 6.54 Å². The number of nitrogens with zero attached hydrogens (tertiary/aromatic N) is 3. The average Bonchev–Trinajstić information content (AvgIpc) is 2.57. The van der Waals surface area contributed by atoms with Crippen molar-refractivity contribution >= 4 is 22.7 Å². The number of nitrogens with two attached hydrogens (primary N) is 1. The lowest BCUT2D eigenvalue weighted by molar-refractivity contribution is 0.187. The van der Waals surface area contributed by atoms with Crippen LogP contribution in [0, 0.1) is 0 Å². The van der Waals surface area contributed by atoms with Gasteiger partial charge < -0.3 is 21.0 Å². The number of pyridine rings is 1. The lowest BCUT2D eigenvalue weighted by Gasteiger charge is -2.11. The van der Waals surface area contributed by atoms with Crippen molar-refractivity contribution < 1.29 is 9.94 Å². The summed E-state index contributed by atoms with van der Waals surface area (Å²) in [5, 5.41) is 13.4. The van der Waals surface area contributed by atoms with Crippen LogP contribution in [-0.4, -0.2) is 27.0 Å². The highest BCUT2D eigenvalue weighted by Crippen LogP contribution is 2.20. The topological polar surface area (TPSA) is 115 Å². The highest BCUT2D eigenvalue weighted by Gasteiger charge is 2.10. The second kappa shape index (κ2) is 5.84. The van der Waals surface area contributed by atoms with Crippen molar-refractivity contribution in [2.75, 3.05) is 18.2 Å². The van der Waals surface area contributed by atoms with Gasteiger partial charge in [0.05, 0.1) is 18.2 Å². The van der Waals surface area contributed by atoms with E-state index in [1.807, 2.05) is 24.3 Å². The normalized spacial score (nSPS) is 10.7. The third-order valence-corrected chi connectivity index (χ3v) is 3.40. The molecule has 2 aromatic heterocycles. The Balaban J connectivity index is 1.93. The molecule has 0 spiro atoms. The number of ether oxygens (including phenoxy) is 1. The van der Waals surface area contributed by atoms with Crippen molar-refractivity contribution in [3.05, 3.63) is 52.4 Å². The third-order valence-electron chi connectivity index (χ3n) is 3.40. The van der Waals surface area contributed by atoms with E-state index in [1.54, 1.807) is 7.11 Å². The number of fused-ring (bicyclic) bond motifs is 1. The second-order valence-corrected chi connectivity index (χ2v) is 4.88. The van der Waals surface area contributed by atoms with Crippen molar-refractivity contribution in [1.82, 2.24) is 14.7 Å². The van der Waals surface area contributed by atoms with Gasteiger partial charge in [0.25, 0.3) is 5.56 Å². The maximum Gasteiger partial charge on any atom is 0.286 e. The van der Waals surface area contributed by atoms with Crippen molar-refractivity contribution in [2.24, 2.45) is 0 Å². The fraction of sp³-hybridized carbons (Fsp3) is 0.133. The van der Waals surface area contributed by atoms with Gasteiger partial charge in [0.1, 0.15) is 5.75 Å². The van der Waals surface area contributed by atoms with Gasteiger partial charge in [0, 0.05) is 18.8 Å². The highest BCUT2D eigenvalue weighted by molar-refractivity contribution is 5.88. The molecule has 4 N–H and O–H groups in total. The standard InChI is InChI=1S/C15H15N5O3/c1-23-10-4-2-9(3-5-10)7-17-12-6-13(21)20(22)14-11(12)8-18-15(16)19-14/h2-6,8,17,22H,7H2,1H3,(H2,16,18,19). The van der Waals surface area contributed by atoms with Gasteiger partial charge in [0.15, 0.2) is 5.65 Å². The number of hydrogen-bond donors (Lipinski definition) is 3. The molecule has 0 saturated carbocycles. The maximum atomic E-state index is 11.8. The smallest absolute Gasteiger partial charge is 0.286 e. The Labute approximate surface area is 131 Å². The monoisotopic (exact) mass is 313 g/mol. The van der Waals surface area contributed by atoms with Gasteiger partial charge in [-0.25, -0.2) is 4.98 Å². The highest BCUT2D eigenvalue weighted by atomic mass is 16.5. The fourth-order valence-electron chi connectivity index (χ4n) is 2.19. The van der Waals surface area contributed by atoms with E-state index in [4.69, 9.17) is 10.5 Å². The van der Waals surface area contributed by atoms with E-state index in [9.17, 15) is 10.0 Å². The molecule has 0 aliphatic heterocycles. The van der Waals surface area contributed by atoms with Crippen molar-refractivity contribution in [3.63, 3.8) is 0 Å². The quantitative estimate of drug-likeness (QED) is 0.620. The van der Waals surface area contributed by atoms with Crippen molar-refractivity contribution in [2.45, 2.75) is 6.54 Å². The lowest BCUT2D eigenvalue weighted by atomic mass is 10.2. The molecule has 1 aromatic carbocycles. The minimum Gasteiger partial charge on any atom is -0.497 e. The first-order valence-corrected chi connectivity index (χ1v) is 6.83. The zero-order valence-electron chi connectivity index (χ0n) is 12.4. The molecule has 0 amide bonds. The van der Waals surface area contributed by atoms with Gasteiger partial charge in [0.2, 0.25) is 5.95 Å². The molecule has 0 aliphatic carbocycles. The summed E-state index contributed by atoms with van der Waals surface area (Å²) in [4.78, 5) is 19.6. The maximum absolute atomic E-state index is 11.8. The molecule has 0 saturated heterocycles. The van der Waals surface area contributed by atoms with E-state index in [0.29, 0.717) is 22.3 Å². The van der Waals surface area contributed by atoms with Crippen molar-refractivity contribution in [3.8, 4) is 5.75 Å². The first kappa shape index (κ1) is 14.6. The first-order chi connectivity index (χ1) is 11.1. The Morgan fingerprint density at radius 1 is 1.35 bits per heavy atom. The van der Waals surface area contributed by atoms with Crippen LogP contribution >= 0.6 is 0 Å². The number of benzene rings is 1. The van der Waals surface area contributed by atoms with Crippen LogP contribution in [0.5, 0.6) is 5.75 Å². The predicted molar refractivity (Wildman–Crippen MR) is 85.7 cm³/mol. The molecule has 3 aromatic rings. The van der Waals surface area contributed by atoms with Crippen LogP contribution < -0.4 is 21.3 Å². The number of hydrogen-bond acceptors (Lipinski definition) is 7. The van der Waals surface area contributed by atoms with Gasteiger partial charge in [-0.1, -0.05) is 12.1 Å². The van der Waals surface area contributed by atoms with Crippen LogP contribution in [0.15, 0.2) is 41.3 Å². The summed E-state index contributed by atoms with van der Waals surface area (Å²) in [5.74, 6) is 0.748. The Bertz CT molecular complexity index is 905. The zero-order chi connectivity index (χ0) is 16.4. The van der Waals surface area contributed by atoms with E-state index >= 15 is 0 Å². The number of aromatic nitrogens is 3. The number of methoxy groups -OCH3 is 1. The molecule has 8 heteroatoms. The molecule has 3 rings (SSSR count). The van der Waals surface area contributed by atoms with E-state index < -0.39 is 5.56 Å². The summed E-state index contributed by atoms with van der Waals surface area (Å²) < 4.78 is 5.56. The van der Waals surface area contributed by atoms with Gasteiger partial charge >= 0.3 is 0 Å². The zero-order valence-corrected chi connectivity index (χ0v) is 12.4. The van der Waals surface area contributed by atoms with E-state index in [1.165, 1.54) is 12.3 Å². The molecule has 0 aliphatic rings. The SMILES string of the molecule is COc1ccc(CNc2cc(=O)n(O)c3nc(N)ncc23)cc1. The number of rotatable bonds is 4. The molecule has 0 radical (unpaired) electrons. The Kier molecular flexibility index (Phi) is 3.71. The van der Waals surface area contributed by atoms with Crippen LogP contribution in [0.25, 0.3) is 11.0 Å². The molecule has 2 heterocycles. The summed E-state index contributed by atoms with van der Waals surface area (Å²) in [7, 11) is 1.61. The summed E-state index contributed by atoms with van der Waals surface area (Å²) >= 11 is 0. The molecule has 8 nitrogen and oxygen atoms in total. The molecule has 0 fully saturated rings. The van der Waals surface area contributed by atoms with Crippen molar-refractivity contribution in [1.29, 1.82) is 0 Å². The molecule has 0 unspecified atom stereocenters. The molecular weight excluding hydrogens is 298 g/mol. The number of anilines is 2. The lowest BCUT2D eigenvalue weighted by Crippen LogP contribution is -2.20. The summed E-state index contributed by atoms with van der Waals surface area (Å²) in [6, 6.07) is 8.81. The molecule has 23 heavy (non-hydrogen) atoms. The van der Waals surface area contributed by atoms with E-state index in [0.717, 1.165) is 11.3 Å². The number of nitrogens with one attached hydrogen (secondary N) is 1.